The van der Waals surface area contributed by atoms with Gasteiger partial charge in [0.25, 0.3) is 0 Å². The number of ether oxygens (including phenoxy) is 1. The summed E-state index contributed by atoms with van der Waals surface area (Å²) in [6.07, 6.45) is 0.130. The van der Waals surface area contributed by atoms with Crippen LogP contribution in [-0.4, -0.2) is 12.8 Å². The first-order valence-corrected chi connectivity index (χ1v) is 6.11. The summed E-state index contributed by atoms with van der Waals surface area (Å²) in [5.41, 5.74) is 1.05. The molecule has 0 aliphatic heterocycles. The number of alkyl halides is 1. The summed E-state index contributed by atoms with van der Waals surface area (Å²) in [6.45, 7) is -1.05. The van der Waals surface area contributed by atoms with Gasteiger partial charge in [-0.05, 0) is 5.56 Å². The summed E-state index contributed by atoms with van der Waals surface area (Å²) in [7, 11) is 0. The maximum Gasteiger partial charge on any atom is 0.312 e. The highest BCUT2D eigenvalue weighted by atomic mass is 19.1. The van der Waals surface area contributed by atoms with E-state index in [-0.39, 0.29) is 11.8 Å². The normalized spacial score (nSPS) is 10.1. The van der Waals surface area contributed by atoms with Crippen molar-refractivity contribution in [3.05, 3.63) is 70.4 Å². The van der Waals surface area contributed by atoms with E-state index >= 15 is 0 Å². The van der Waals surface area contributed by atoms with E-state index in [1.807, 2.05) is 42.5 Å². The molecule has 0 saturated heterocycles. The molecule has 3 rings (SSSR count). The van der Waals surface area contributed by atoms with Crippen molar-refractivity contribution in [2.75, 3.05) is 6.86 Å². The summed E-state index contributed by atoms with van der Waals surface area (Å²) in [4.78, 5) is 21.3. The largest absolute Gasteiger partial charge is 0.433 e. The second-order valence-electron chi connectivity index (χ2n) is 4.16. The molecule has 20 heavy (non-hydrogen) atoms. The highest BCUT2D eigenvalue weighted by Gasteiger charge is 2.07. The van der Waals surface area contributed by atoms with Crippen LogP contribution in [0.1, 0.15) is 5.56 Å². The van der Waals surface area contributed by atoms with Gasteiger partial charge in [-0.3, -0.25) is 9.59 Å². The Balaban J connectivity index is 0.000000157. The lowest BCUT2D eigenvalue weighted by atomic mass is 10.2. The van der Waals surface area contributed by atoms with E-state index in [9.17, 15) is 14.0 Å². The van der Waals surface area contributed by atoms with E-state index in [1.54, 1.807) is 12.1 Å². The van der Waals surface area contributed by atoms with Crippen LogP contribution in [0.2, 0.25) is 0 Å². The molecule has 0 spiro atoms. The summed E-state index contributed by atoms with van der Waals surface area (Å²) >= 11 is 0. The molecule has 4 heteroatoms. The van der Waals surface area contributed by atoms with Crippen molar-refractivity contribution >= 4 is 16.7 Å². The average molecular weight is 272 g/mol. The van der Waals surface area contributed by atoms with Crippen molar-refractivity contribution in [2.24, 2.45) is 0 Å². The van der Waals surface area contributed by atoms with Crippen LogP contribution in [-0.2, 0) is 16.0 Å². The molecule has 0 atom stereocenters. The average Bonchev–Trinajstić information content (AvgIpc) is 3.12. The number of carbonyl (C=O) groups is 1. The third-order valence-electron chi connectivity index (χ3n) is 2.76. The number of esters is 1. The first-order chi connectivity index (χ1) is 9.72. The first-order valence-electron chi connectivity index (χ1n) is 6.11. The molecule has 0 bridgehead atoms. The molecule has 0 aliphatic rings. The van der Waals surface area contributed by atoms with Crippen molar-refractivity contribution in [2.45, 2.75) is 6.42 Å². The zero-order chi connectivity index (χ0) is 14.4. The molecule has 0 unspecified atom stereocenters. The third-order valence-corrected chi connectivity index (χ3v) is 2.76. The van der Waals surface area contributed by atoms with Crippen molar-refractivity contribution in [1.82, 2.24) is 0 Å². The number of carbonyl (C=O) groups excluding carboxylic acids is 1. The van der Waals surface area contributed by atoms with Crippen LogP contribution in [0.15, 0.2) is 59.4 Å². The Hall–Kier alpha value is -2.49. The van der Waals surface area contributed by atoms with E-state index in [0.29, 0.717) is 0 Å². The highest BCUT2D eigenvalue weighted by molar-refractivity contribution is 5.97. The van der Waals surface area contributed by atoms with Gasteiger partial charge in [0.05, 0.1) is 6.42 Å². The molecule has 0 heterocycles. The summed E-state index contributed by atoms with van der Waals surface area (Å²) in [5.74, 6) is -0.538. The number of benzene rings is 2. The molecule has 0 N–H and O–H groups in total. The zero-order valence-electron chi connectivity index (χ0n) is 10.7. The first kappa shape index (κ1) is 13.9. The van der Waals surface area contributed by atoms with Crippen LogP contribution in [0.5, 0.6) is 0 Å². The molecule has 0 saturated carbocycles. The molecular weight excluding hydrogens is 259 g/mol. The predicted octanol–water partition coefficient (Wildman–Crippen LogP) is 2.77. The van der Waals surface area contributed by atoms with Gasteiger partial charge < -0.3 is 4.74 Å². The minimum Gasteiger partial charge on any atom is -0.433 e. The van der Waals surface area contributed by atoms with Gasteiger partial charge >= 0.3 is 5.97 Å². The topological polar surface area (TPSA) is 43.4 Å². The number of rotatable bonds is 3. The molecule has 3 aromatic carbocycles. The van der Waals surface area contributed by atoms with Gasteiger partial charge in [-0.2, -0.15) is 0 Å². The fourth-order valence-electron chi connectivity index (χ4n) is 1.71. The van der Waals surface area contributed by atoms with Crippen molar-refractivity contribution in [3.63, 3.8) is 0 Å². The maximum absolute atomic E-state index is 11.5. The molecule has 3 aromatic rings. The summed E-state index contributed by atoms with van der Waals surface area (Å²) in [6, 6.07) is 16.5. The van der Waals surface area contributed by atoms with Crippen LogP contribution < -0.4 is 5.43 Å². The zero-order valence-corrected chi connectivity index (χ0v) is 10.7. The Morgan fingerprint density at radius 3 is 2.00 bits per heavy atom. The van der Waals surface area contributed by atoms with Gasteiger partial charge in [-0.25, -0.2) is 4.39 Å². The number of halogens is 1. The number of hydrogen-bond acceptors (Lipinski definition) is 3. The lowest BCUT2D eigenvalue weighted by Gasteiger charge is -1.99. The van der Waals surface area contributed by atoms with Gasteiger partial charge in [0.15, 0.2) is 5.43 Å². The Bertz CT molecular complexity index is 666. The smallest absolute Gasteiger partial charge is 0.312 e. The third kappa shape index (κ3) is 3.75. The Kier molecular flexibility index (Phi) is 4.60. The van der Waals surface area contributed by atoms with Gasteiger partial charge in [0, 0.05) is 10.8 Å². The van der Waals surface area contributed by atoms with E-state index in [1.165, 1.54) is 0 Å². The standard InChI is InChI=1S/C9H9FO2.C7H4O/c10-7-12-9(11)6-8-4-2-1-3-5-8;8-7-5-3-1-2-4-6(5)7/h1-5H,6-7H2;1-4H. The van der Waals surface area contributed by atoms with Crippen LogP contribution >= 0.6 is 0 Å². The van der Waals surface area contributed by atoms with Crippen LogP contribution in [0.25, 0.3) is 10.8 Å². The van der Waals surface area contributed by atoms with Gasteiger partial charge in [-0.15, -0.1) is 0 Å². The van der Waals surface area contributed by atoms with Gasteiger partial charge in [0.1, 0.15) is 0 Å². The Labute approximate surface area is 115 Å². The molecule has 0 aromatic heterocycles. The Morgan fingerprint density at radius 2 is 1.50 bits per heavy atom. The summed E-state index contributed by atoms with van der Waals surface area (Å²) < 4.78 is 15.6. The maximum atomic E-state index is 11.5. The molecule has 0 radical (unpaired) electrons. The van der Waals surface area contributed by atoms with Crippen LogP contribution in [0, 0.1) is 0 Å². The van der Waals surface area contributed by atoms with Crippen LogP contribution in [0.4, 0.5) is 4.39 Å². The fraction of sp³-hybridized carbons (Fsp3) is 0.125. The van der Waals surface area contributed by atoms with Crippen molar-refractivity contribution < 1.29 is 13.9 Å². The molecule has 0 amide bonds. The van der Waals surface area contributed by atoms with Crippen LogP contribution in [0.3, 0.4) is 0 Å². The number of hydrogen-bond donors (Lipinski definition) is 0. The lowest BCUT2D eigenvalue weighted by Crippen LogP contribution is -2.06. The lowest BCUT2D eigenvalue weighted by molar-refractivity contribution is -0.146. The molecule has 0 aliphatic carbocycles. The highest BCUT2D eigenvalue weighted by Crippen LogP contribution is 2.11. The monoisotopic (exact) mass is 272 g/mol. The van der Waals surface area contributed by atoms with Gasteiger partial charge in [0.2, 0.25) is 6.86 Å². The van der Waals surface area contributed by atoms with E-state index in [0.717, 1.165) is 16.3 Å². The quantitative estimate of drug-likeness (QED) is 0.689. The number of fused-ring (bicyclic) bond motifs is 1. The van der Waals surface area contributed by atoms with Gasteiger partial charge in [-0.1, -0.05) is 54.6 Å². The van der Waals surface area contributed by atoms with Crippen molar-refractivity contribution in [1.29, 1.82) is 0 Å². The second-order valence-corrected chi connectivity index (χ2v) is 4.16. The Morgan fingerprint density at radius 1 is 0.950 bits per heavy atom. The molecular formula is C16H13FO3. The predicted molar refractivity (Wildman–Crippen MR) is 74.8 cm³/mol. The molecule has 0 fully saturated rings. The van der Waals surface area contributed by atoms with E-state index in [4.69, 9.17) is 0 Å². The van der Waals surface area contributed by atoms with E-state index < -0.39 is 12.8 Å². The minimum atomic E-state index is -1.05. The molecule has 3 nitrogen and oxygen atoms in total. The summed E-state index contributed by atoms with van der Waals surface area (Å²) in [5, 5.41) is 1.79. The van der Waals surface area contributed by atoms with E-state index in [2.05, 4.69) is 4.74 Å². The molecule has 102 valence electrons. The SMILES string of the molecule is O=C(Cc1ccccc1)OCF.O=c1c2ccccc12. The fourth-order valence-corrected chi connectivity index (χ4v) is 1.71. The van der Waals surface area contributed by atoms with Crippen molar-refractivity contribution in [3.8, 4) is 0 Å². The second kappa shape index (κ2) is 6.61. The minimum absolute atomic E-state index is 0.130.